The van der Waals surface area contributed by atoms with Gasteiger partial charge in [0.1, 0.15) is 0 Å². The van der Waals surface area contributed by atoms with Crippen LogP contribution in [0.4, 0.5) is 0 Å². The molecule has 0 atom stereocenters. The predicted octanol–water partition coefficient (Wildman–Crippen LogP) is 14.7. The third-order valence-corrected chi connectivity index (χ3v) is 10.9. The van der Waals surface area contributed by atoms with Gasteiger partial charge < -0.3 is 0 Å². The highest BCUT2D eigenvalue weighted by molar-refractivity contribution is 6.30. The Bertz CT molecular complexity index is 3430. The maximum absolute atomic E-state index is 8.88. The first kappa shape index (κ1) is 24.4. The van der Waals surface area contributed by atoms with E-state index in [4.69, 9.17) is 6.85 Å². The lowest BCUT2D eigenvalue weighted by Crippen LogP contribution is -1.93. The van der Waals surface area contributed by atoms with Crippen LogP contribution in [0.2, 0.25) is 0 Å². The Morgan fingerprint density at radius 2 is 0.846 bits per heavy atom. The predicted molar refractivity (Wildman–Crippen MR) is 224 cm³/mol. The summed E-state index contributed by atoms with van der Waals surface area (Å²) in [6.45, 7) is 0. The molecule has 0 heterocycles. The van der Waals surface area contributed by atoms with Crippen molar-refractivity contribution in [1.82, 2.24) is 0 Å². The van der Waals surface area contributed by atoms with Crippen molar-refractivity contribution in [1.29, 1.82) is 0 Å². The van der Waals surface area contributed by atoms with Crippen LogP contribution in [-0.2, 0) is 0 Å². The third kappa shape index (κ3) is 4.35. The Morgan fingerprint density at radius 3 is 1.62 bits per heavy atom. The van der Waals surface area contributed by atoms with Gasteiger partial charge in [0.15, 0.2) is 0 Å². The Morgan fingerprint density at radius 1 is 0.288 bits per heavy atom. The summed E-state index contributed by atoms with van der Waals surface area (Å²) in [6, 6.07) is 56.6. The van der Waals surface area contributed by atoms with Gasteiger partial charge >= 0.3 is 0 Å². The molecule has 0 saturated carbocycles. The summed E-state index contributed by atoms with van der Waals surface area (Å²) >= 11 is 0. The van der Waals surface area contributed by atoms with Crippen LogP contribution in [0.3, 0.4) is 0 Å². The smallest absolute Gasteiger partial charge is 0.0622 e. The molecule has 0 aromatic heterocycles. The maximum Gasteiger partial charge on any atom is 0.0629 e. The molecule has 0 fully saturated rings. The molecular formula is C52H32. The van der Waals surface area contributed by atoms with Gasteiger partial charge in [-0.1, -0.05) is 182 Å². The van der Waals surface area contributed by atoms with Crippen molar-refractivity contribution >= 4 is 64.6 Å². The summed E-state index contributed by atoms with van der Waals surface area (Å²) in [5, 5.41) is 13.7. The Labute approximate surface area is 309 Å². The molecule has 11 rings (SSSR count). The van der Waals surface area contributed by atoms with Crippen molar-refractivity contribution < 1.29 is 6.85 Å². The number of benzene rings is 11. The van der Waals surface area contributed by atoms with Crippen LogP contribution in [0, 0.1) is 0 Å². The zero-order valence-corrected chi connectivity index (χ0v) is 28.1. The van der Waals surface area contributed by atoms with Crippen LogP contribution in [0.1, 0.15) is 6.85 Å². The molecule has 0 aliphatic carbocycles. The van der Waals surface area contributed by atoms with E-state index in [1.807, 2.05) is 18.2 Å². The standard InChI is InChI=1S/C52H32/c1-3-11-33(12-4-1)39-25-30-47-48(32-39)52(43-18-10-9-17-42(43)49(47)35-14-5-2-6-15-35)46-29-24-37-22-27-44-41(26-21-36-23-28-45(46)51(37)50(36)44)40-20-19-34-13-7-8-16-38(34)31-40/h1-32H/i1D,3D,4D,11D,12D. The highest BCUT2D eigenvalue weighted by Gasteiger charge is 2.21. The van der Waals surface area contributed by atoms with Crippen LogP contribution in [0.25, 0.3) is 109 Å². The summed E-state index contributed by atoms with van der Waals surface area (Å²) < 4.78 is 43.0. The van der Waals surface area contributed by atoms with E-state index in [-0.39, 0.29) is 29.7 Å². The molecule has 0 aliphatic heterocycles. The molecule has 0 heteroatoms. The Hall–Kier alpha value is -6.76. The van der Waals surface area contributed by atoms with Crippen LogP contribution in [0.5, 0.6) is 0 Å². The second-order valence-electron chi connectivity index (χ2n) is 13.6. The monoisotopic (exact) mass is 661 g/mol. The lowest BCUT2D eigenvalue weighted by atomic mass is 9.82. The van der Waals surface area contributed by atoms with Crippen LogP contribution in [0.15, 0.2) is 194 Å². The van der Waals surface area contributed by atoms with E-state index in [0.717, 1.165) is 54.6 Å². The molecule has 240 valence electrons. The van der Waals surface area contributed by atoms with Gasteiger partial charge in [-0.25, -0.2) is 0 Å². The topological polar surface area (TPSA) is 0 Å². The zero-order chi connectivity index (χ0) is 38.5. The summed E-state index contributed by atoms with van der Waals surface area (Å²) in [5.74, 6) is 0. The Balaban J connectivity index is 1.25. The van der Waals surface area contributed by atoms with E-state index < -0.39 is 6.04 Å². The van der Waals surface area contributed by atoms with Crippen LogP contribution in [-0.4, -0.2) is 0 Å². The van der Waals surface area contributed by atoms with Crippen molar-refractivity contribution in [2.24, 2.45) is 0 Å². The molecule has 0 saturated heterocycles. The SMILES string of the molecule is [2H]c1c([2H])c([2H])c(-c2ccc3c(-c4ccccc4)c4ccccc4c(-c4ccc5ccc6c(-c7ccc8ccccc8c7)ccc7ccc4c5c76)c3c2)c([2H])c1[2H]. The van der Waals surface area contributed by atoms with E-state index in [0.29, 0.717) is 5.56 Å². The van der Waals surface area contributed by atoms with E-state index in [1.165, 1.54) is 43.4 Å². The molecule has 0 bridgehead atoms. The van der Waals surface area contributed by atoms with E-state index in [9.17, 15) is 0 Å². The minimum Gasteiger partial charge on any atom is -0.0622 e. The third-order valence-electron chi connectivity index (χ3n) is 10.9. The highest BCUT2D eigenvalue weighted by Crippen LogP contribution is 2.48. The first-order valence-corrected chi connectivity index (χ1v) is 17.7. The number of hydrogen-bond donors (Lipinski definition) is 0. The van der Waals surface area contributed by atoms with E-state index >= 15 is 0 Å². The van der Waals surface area contributed by atoms with E-state index in [2.05, 4.69) is 146 Å². The normalized spacial score (nSPS) is 13.2. The quantitative estimate of drug-likeness (QED) is 0.130. The molecule has 0 unspecified atom stereocenters. The Kier molecular flexibility index (Phi) is 5.34. The molecule has 52 heavy (non-hydrogen) atoms. The van der Waals surface area contributed by atoms with Gasteiger partial charge in [0.25, 0.3) is 0 Å². The summed E-state index contributed by atoms with van der Waals surface area (Å²) in [6.07, 6.45) is 0. The summed E-state index contributed by atoms with van der Waals surface area (Å²) in [4.78, 5) is 0. The first-order chi connectivity index (χ1) is 27.9. The molecule has 11 aromatic rings. The molecule has 0 radical (unpaired) electrons. The van der Waals surface area contributed by atoms with Gasteiger partial charge in [0, 0.05) is 0 Å². The van der Waals surface area contributed by atoms with Gasteiger partial charge in [-0.2, -0.15) is 0 Å². The largest absolute Gasteiger partial charge is 0.0629 e. The van der Waals surface area contributed by atoms with Crippen molar-refractivity contribution in [3.8, 4) is 44.5 Å². The summed E-state index contributed by atoms with van der Waals surface area (Å²) in [5.41, 5.74) is 7.44. The molecule has 0 spiro atoms. The molecule has 0 nitrogen and oxygen atoms in total. The zero-order valence-electron chi connectivity index (χ0n) is 33.1. The fraction of sp³-hybridized carbons (Fsp3) is 0. The number of rotatable bonds is 4. The van der Waals surface area contributed by atoms with Gasteiger partial charge in [0.2, 0.25) is 0 Å². The lowest BCUT2D eigenvalue weighted by molar-refractivity contribution is 1.63. The van der Waals surface area contributed by atoms with Crippen molar-refractivity contribution in [2.75, 3.05) is 0 Å². The van der Waals surface area contributed by atoms with Gasteiger partial charge in [0.05, 0.1) is 6.85 Å². The minimum atomic E-state index is -0.398. The lowest BCUT2D eigenvalue weighted by Gasteiger charge is -2.21. The minimum absolute atomic E-state index is 0.194. The second-order valence-corrected chi connectivity index (χ2v) is 13.6. The van der Waals surface area contributed by atoms with Crippen molar-refractivity contribution in [3.63, 3.8) is 0 Å². The van der Waals surface area contributed by atoms with Crippen LogP contribution < -0.4 is 0 Å². The molecule has 0 amide bonds. The van der Waals surface area contributed by atoms with Gasteiger partial charge in [-0.05, 0) is 121 Å². The van der Waals surface area contributed by atoms with Crippen molar-refractivity contribution in [3.05, 3.63) is 194 Å². The number of hydrogen-bond acceptors (Lipinski definition) is 0. The van der Waals surface area contributed by atoms with Gasteiger partial charge in [-0.3, -0.25) is 0 Å². The molecule has 0 aliphatic rings. The molecular weight excluding hydrogens is 625 g/mol. The molecule has 0 N–H and O–H groups in total. The van der Waals surface area contributed by atoms with Crippen LogP contribution >= 0.6 is 0 Å². The number of fused-ring (bicyclic) bond motifs is 3. The fourth-order valence-electron chi connectivity index (χ4n) is 8.56. The first-order valence-electron chi connectivity index (χ1n) is 20.2. The highest BCUT2D eigenvalue weighted by atomic mass is 14.2. The summed E-state index contributed by atoms with van der Waals surface area (Å²) in [7, 11) is 0. The van der Waals surface area contributed by atoms with Crippen molar-refractivity contribution in [2.45, 2.75) is 0 Å². The maximum atomic E-state index is 8.88. The van der Waals surface area contributed by atoms with E-state index in [1.54, 1.807) is 0 Å². The average Bonchev–Trinajstić information content (AvgIpc) is 3.26. The average molecular weight is 662 g/mol. The fourth-order valence-corrected chi connectivity index (χ4v) is 8.56. The van der Waals surface area contributed by atoms with Gasteiger partial charge in [-0.15, -0.1) is 0 Å². The second kappa shape index (κ2) is 11.4. The molecule has 11 aromatic carbocycles.